The van der Waals surface area contributed by atoms with Crippen LogP contribution in [-0.2, 0) is 27.6 Å². The minimum absolute atomic E-state index is 0.0214. The third kappa shape index (κ3) is 6.55. The number of amides is 1. The van der Waals surface area contributed by atoms with E-state index in [9.17, 15) is 26.4 Å². The summed E-state index contributed by atoms with van der Waals surface area (Å²) in [7, 11) is -3.29. The summed E-state index contributed by atoms with van der Waals surface area (Å²) in [5.41, 5.74) is 0.611. The number of hydrogen-bond donors (Lipinski definition) is 0. The van der Waals surface area contributed by atoms with Gasteiger partial charge in [0.15, 0.2) is 11.5 Å². The van der Waals surface area contributed by atoms with Crippen LogP contribution in [0, 0.1) is 5.92 Å². The molecule has 6 nitrogen and oxygen atoms in total. The van der Waals surface area contributed by atoms with Crippen molar-refractivity contribution < 1.29 is 35.3 Å². The maximum atomic E-state index is 13.5. The Hall–Kier alpha value is -3.53. The van der Waals surface area contributed by atoms with Crippen molar-refractivity contribution in [2.24, 2.45) is 5.92 Å². The first-order valence-electron chi connectivity index (χ1n) is 12.6. The van der Waals surface area contributed by atoms with Crippen LogP contribution in [0.3, 0.4) is 0 Å². The zero-order valence-electron chi connectivity index (χ0n) is 21.8. The summed E-state index contributed by atoms with van der Waals surface area (Å²) in [5, 5.41) is 0. The smallest absolute Gasteiger partial charge is 0.416 e. The maximum absolute atomic E-state index is 13.5. The van der Waals surface area contributed by atoms with E-state index in [-0.39, 0.29) is 41.8 Å². The van der Waals surface area contributed by atoms with E-state index in [0.29, 0.717) is 11.6 Å². The van der Waals surface area contributed by atoms with Gasteiger partial charge >= 0.3 is 16.3 Å². The van der Waals surface area contributed by atoms with Gasteiger partial charge in [-0.15, -0.1) is 0 Å². The van der Waals surface area contributed by atoms with E-state index in [1.807, 2.05) is 44.2 Å². The molecule has 0 bridgehead atoms. The Labute approximate surface area is 226 Å². The lowest BCUT2D eigenvalue weighted by atomic mass is 10.1. The molecular formula is C29H30F3NO5S. The molecule has 0 aromatic heterocycles. The Morgan fingerprint density at radius 3 is 2.38 bits per heavy atom. The summed E-state index contributed by atoms with van der Waals surface area (Å²) in [4.78, 5) is 14.7. The predicted molar refractivity (Wildman–Crippen MR) is 140 cm³/mol. The molecule has 10 heteroatoms. The number of alkyl halides is 3. The number of carbonyl (C=O) groups excluding carboxylic acids is 1. The summed E-state index contributed by atoms with van der Waals surface area (Å²) in [5.74, 6) is -0.0399. The van der Waals surface area contributed by atoms with Gasteiger partial charge in [-0.2, -0.15) is 21.6 Å². The lowest BCUT2D eigenvalue weighted by Gasteiger charge is -2.29. The molecule has 0 heterocycles. The number of halogens is 3. The molecule has 1 saturated carbocycles. The number of carbonyl (C=O) groups is 1. The van der Waals surface area contributed by atoms with Crippen LogP contribution in [0.2, 0.25) is 0 Å². The topological polar surface area (TPSA) is 72.9 Å². The fourth-order valence-electron chi connectivity index (χ4n) is 4.50. The van der Waals surface area contributed by atoms with Gasteiger partial charge in [0.25, 0.3) is 0 Å². The average Bonchev–Trinajstić information content (AvgIpc) is 3.72. The highest BCUT2D eigenvalue weighted by molar-refractivity contribution is 7.87. The Kier molecular flexibility index (Phi) is 8.25. The molecule has 3 atom stereocenters. The van der Waals surface area contributed by atoms with E-state index in [2.05, 4.69) is 0 Å². The normalized spacial score (nSPS) is 17.8. The first-order valence-corrected chi connectivity index (χ1v) is 14.0. The molecule has 0 aliphatic heterocycles. The van der Waals surface area contributed by atoms with Crippen LogP contribution in [0.15, 0.2) is 77.7 Å². The number of ether oxygens (including phenoxy) is 1. The highest BCUT2D eigenvalue weighted by atomic mass is 32.2. The number of rotatable bonds is 10. The Morgan fingerprint density at radius 1 is 1.03 bits per heavy atom. The first-order chi connectivity index (χ1) is 18.4. The van der Waals surface area contributed by atoms with Crippen LogP contribution < -0.4 is 8.92 Å². The second-order valence-corrected chi connectivity index (χ2v) is 11.2. The van der Waals surface area contributed by atoms with Gasteiger partial charge in [-0.1, -0.05) is 49.4 Å². The Balaban J connectivity index is 1.57. The van der Waals surface area contributed by atoms with Gasteiger partial charge in [-0.25, -0.2) is 0 Å². The van der Waals surface area contributed by atoms with Crippen molar-refractivity contribution in [3.05, 3.63) is 89.5 Å². The van der Waals surface area contributed by atoms with Crippen LogP contribution >= 0.6 is 0 Å². The van der Waals surface area contributed by atoms with Crippen molar-refractivity contribution in [1.82, 2.24) is 4.90 Å². The van der Waals surface area contributed by atoms with Crippen molar-refractivity contribution >= 4 is 16.0 Å². The average molecular weight is 562 g/mol. The van der Waals surface area contributed by atoms with Crippen LogP contribution in [-0.4, -0.2) is 32.4 Å². The summed E-state index contributed by atoms with van der Waals surface area (Å²) >= 11 is 0. The summed E-state index contributed by atoms with van der Waals surface area (Å²) < 4.78 is 75.7. The summed E-state index contributed by atoms with van der Waals surface area (Å²) in [6, 6.07) is 17.8. The van der Waals surface area contributed by atoms with Crippen molar-refractivity contribution in [2.45, 2.75) is 56.3 Å². The lowest BCUT2D eigenvalue weighted by Crippen LogP contribution is -2.39. The van der Waals surface area contributed by atoms with Crippen LogP contribution in [0.4, 0.5) is 13.2 Å². The maximum Gasteiger partial charge on any atom is 0.416 e. The van der Waals surface area contributed by atoms with Crippen molar-refractivity contribution in [3.63, 3.8) is 0 Å². The molecule has 3 aromatic rings. The SMILES string of the molecule is CCC(C)N(Cc1ccc(OC)c(OS(=O)(=O)c2cccc(C(F)(F)F)c2)c1)C(=O)C1CC1c1ccccc1. The molecule has 1 fully saturated rings. The minimum atomic E-state index is -4.71. The second kappa shape index (κ2) is 11.3. The largest absolute Gasteiger partial charge is 0.493 e. The summed E-state index contributed by atoms with van der Waals surface area (Å²) in [6.45, 7) is 4.14. The van der Waals surface area contributed by atoms with E-state index in [1.165, 1.54) is 19.2 Å². The molecule has 3 aromatic carbocycles. The van der Waals surface area contributed by atoms with E-state index in [0.717, 1.165) is 36.6 Å². The fraction of sp³-hybridized carbons (Fsp3) is 0.345. The van der Waals surface area contributed by atoms with E-state index in [4.69, 9.17) is 8.92 Å². The fourth-order valence-corrected chi connectivity index (χ4v) is 5.48. The zero-order chi connectivity index (χ0) is 28.4. The first kappa shape index (κ1) is 28.5. The summed E-state index contributed by atoms with van der Waals surface area (Å²) in [6.07, 6.45) is -3.23. The number of nitrogens with zero attached hydrogens (tertiary/aromatic N) is 1. The highest BCUT2D eigenvalue weighted by Gasteiger charge is 2.46. The third-order valence-electron chi connectivity index (χ3n) is 6.97. The Bertz CT molecular complexity index is 1430. The predicted octanol–water partition coefficient (Wildman–Crippen LogP) is 6.41. The molecule has 1 amide bonds. The van der Waals surface area contributed by atoms with Crippen LogP contribution in [0.25, 0.3) is 0 Å². The Morgan fingerprint density at radius 2 is 1.74 bits per heavy atom. The van der Waals surface area contributed by atoms with Crippen molar-refractivity contribution in [3.8, 4) is 11.5 Å². The van der Waals surface area contributed by atoms with E-state index < -0.39 is 26.8 Å². The van der Waals surface area contributed by atoms with Gasteiger partial charge in [0.2, 0.25) is 5.91 Å². The number of hydrogen-bond acceptors (Lipinski definition) is 5. The molecule has 0 radical (unpaired) electrons. The standard InChI is InChI=1S/C29H30F3NO5S/c1-4-19(2)33(28(34)25-17-24(25)21-9-6-5-7-10-21)18-20-13-14-26(37-3)27(15-20)38-39(35,36)23-12-8-11-22(16-23)29(30,31)32/h5-16,19,24-25H,4,17-18H2,1-3H3. The van der Waals surface area contributed by atoms with Gasteiger partial charge in [0.05, 0.1) is 12.7 Å². The second-order valence-electron chi connectivity index (χ2n) is 9.63. The van der Waals surface area contributed by atoms with Gasteiger partial charge in [0.1, 0.15) is 4.90 Å². The molecule has 0 saturated heterocycles. The van der Waals surface area contributed by atoms with E-state index >= 15 is 0 Å². The van der Waals surface area contributed by atoms with Crippen molar-refractivity contribution in [2.75, 3.05) is 7.11 Å². The molecule has 39 heavy (non-hydrogen) atoms. The quantitative estimate of drug-likeness (QED) is 0.268. The number of methoxy groups -OCH3 is 1. The van der Waals surface area contributed by atoms with Crippen LogP contribution in [0.1, 0.15) is 49.3 Å². The lowest BCUT2D eigenvalue weighted by molar-refractivity contribution is -0.138. The van der Waals surface area contributed by atoms with Gasteiger partial charge in [-0.3, -0.25) is 4.79 Å². The van der Waals surface area contributed by atoms with Crippen LogP contribution in [0.5, 0.6) is 11.5 Å². The molecule has 1 aliphatic rings. The molecule has 4 rings (SSSR count). The van der Waals surface area contributed by atoms with Gasteiger partial charge < -0.3 is 13.8 Å². The molecule has 208 valence electrons. The highest BCUT2D eigenvalue weighted by Crippen LogP contribution is 2.49. The van der Waals surface area contributed by atoms with Gasteiger partial charge in [-0.05, 0) is 67.1 Å². The zero-order valence-corrected chi connectivity index (χ0v) is 22.6. The molecule has 0 N–H and O–H groups in total. The van der Waals surface area contributed by atoms with Gasteiger partial charge in [0, 0.05) is 18.5 Å². The number of benzene rings is 3. The monoisotopic (exact) mass is 561 g/mol. The minimum Gasteiger partial charge on any atom is -0.493 e. The molecule has 0 spiro atoms. The molecule has 1 aliphatic carbocycles. The molecular weight excluding hydrogens is 531 g/mol. The van der Waals surface area contributed by atoms with E-state index in [1.54, 1.807) is 11.0 Å². The third-order valence-corrected chi connectivity index (χ3v) is 8.20. The van der Waals surface area contributed by atoms with Crippen molar-refractivity contribution in [1.29, 1.82) is 0 Å². The molecule has 3 unspecified atom stereocenters.